The van der Waals surface area contributed by atoms with Gasteiger partial charge < -0.3 is 9.80 Å². The minimum absolute atomic E-state index is 0.141. The molecule has 0 aromatic heterocycles. The molecule has 4 rings (SSSR count). The second kappa shape index (κ2) is 4.47. The van der Waals surface area contributed by atoms with Crippen molar-refractivity contribution in [2.24, 2.45) is 17.8 Å². The molecule has 4 fully saturated rings. The molecule has 4 heteroatoms. The van der Waals surface area contributed by atoms with Gasteiger partial charge in [-0.25, -0.2) is 0 Å². The molecule has 4 nitrogen and oxygen atoms in total. The molecule has 20 heavy (non-hydrogen) atoms. The zero-order valence-electron chi connectivity index (χ0n) is 12.3. The van der Waals surface area contributed by atoms with Crippen LogP contribution < -0.4 is 0 Å². The number of carbonyl (C=O) groups excluding carboxylic acids is 2. The maximum absolute atomic E-state index is 12.7. The van der Waals surface area contributed by atoms with E-state index in [2.05, 4.69) is 0 Å². The molecule has 0 spiro atoms. The molecule has 0 bridgehead atoms. The topological polar surface area (TPSA) is 40.6 Å². The normalized spacial score (nSPS) is 34.1. The number of amides is 2. The Bertz CT molecular complexity index is 430. The summed E-state index contributed by atoms with van der Waals surface area (Å²) in [7, 11) is 0. The van der Waals surface area contributed by atoms with Crippen LogP contribution in [0.4, 0.5) is 0 Å². The van der Waals surface area contributed by atoms with E-state index in [1.807, 2.05) is 16.7 Å². The fourth-order valence-electron chi connectivity index (χ4n) is 4.25. The molecule has 2 heterocycles. The van der Waals surface area contributed by atoms with Crippen molar-refractivity contribution in [2.75, 3.05) is 13.1 Å². The lowest BCUT2D eigenvalue weighted by Gasteiger charge is -2.42. The first kappa shape index (κ1) is 12.7. The Hall–Kier alpha value is -1.06. The highest BCUT2D eigenvalue weighted by Gasteiger charge is 2.49. The Morgan fingerprint density at radius 2 is 1.70 bits per heavy atom. The van der Waals surface area contributed by atoms with Crippen molar-refractivity contribution in [1.29, 1.82) is 0 Å². The molecular weight excluding hydrogens is 252 g/mol. The van der Waals surface area contributed by atoms with Crippen molar-refractivity contribution < 1.29 is 9.59 Å². The maximum Gasteiger partial charge on any atom is 0.246 e. The molecule has 0 radical (unpaired) electrons. The summed E-state index contributed by atoms with van der Waals surface area (Å²) in [6.45, 7) is 3.54. The number of fused-ring (bicyclic) bond motifs is 1. The lowest BCUT2D eigenvalue weighted by molar-refractivity contribution is -0.159. The molecule has 2 atom stereocenters. The third-order valence-electron chi connectivity index (χ3n) is 5.79. The van der Waals surface area contributed by atoms with Gasteiger partial charge in [-0.05, 0) is 63.2 Å². The van der Waals surface area contributed by atoms with E-state index in [4.69, 9.17) is 0 Å². The monoisotopic (exact) mass is 276 g/mol. The van der Waals surface area contributed by atoms with Gasteiger partial charge in [0.2, 0.25) is 11.8 Å². The Morgan fingerprint density at radius 1 is 1.05 bits per heavy atom. The number of nitrogens with zero attached hydrogens (tertiary/aromatic N) is 2. The Kier molecular flexibility index (Phi) is 2.83. The number of hydrogen-bond acceptors (Lipinski definition) is 2. The molecule has 2 amide bonds. The highest BCUT2D eigenvalue weighted by atomic mass is 16.2. The standard InChI is InChI=1S/C16H24N2O2/c1-10-15(19)17-8-2-3-14(17)16(20)18(10)9-13(11-4-5-11)12-6-7-12/h10-14H,2-9H2,1H3. The fourth-order valence-corrected chi connectivity index (χ4v) is 4.25. The second-order valence-corrected chi connectivity index (χ2v) is 7.19. The van der Waals surface area contributed by atoms with Gasteiger partial charge in [0, 0.05) is 13.1 Å². The number of rotatable bonds is 4. The molecule has 4 aliphatic rings. The summed E-state index contributed by atoms with van der Waals surface area (Å²) in [4.78, 5) is 28.9. The highest BCUT2D eigenvalue weighted by Crippen LogP contribution is 2.49. The van der Waals surface area contributed by atoms with Crippen LogP contribution in [-0.4, -0.2) is 46.8 Å². The summed E-state index contributed by atoms with van der Waals surface area (Å²) < 4.78 is 0. The molecule has 2 unspecified atom stereocenters. The minimum atomic E-state index is -0.239. The van der Waals surface area contributed by atoms with Crippen molar-refractivity contribution in [3.05, 3.63) is 0 Å². The van der Waals surface area contributed by atoms with Crippen LogP contribution in [0.15, 0.2) is 0 Å². The zero-order valence-corrected chi connectivity index (χ0v) is 12.3. The summed E-state index contributed by atoms with van der Waals surface area (Å²) in [5, 5.41) is 0. The van der Waals surface area contributed by atoms with Crippen LogP contribution in [0.3, 0.4) is 0 Å². The summed E-state index contributed by atoms with van der Waals surface area (Å²) in [6, 6.07) is -0.380. The first-order valence-corrected chi connectivity index (χ1v) is 8.28. The van der Waals surface area contributed by atoms with Gasteiger partial charge >= 0.3 is 0 Å². The number of carbonyl (C=O) groups is 2. The fraction of sp³-hybridized carbons (Fsp3) is 0.875. The average molecular weight is 276 g/mol. The Morgan fingerprint density at radius 3 is 2.30 bits per heavy atom. The van der Waals surface area contributed by atoms with E-state index in [9.17, 15) is 9.59 Å². The molecule has 2 aliphatic carbocycles. The van der Waals surface area contributed by atoms with E-state index in [0.717, 1.165) is 37.8 Å². The zero-order chi connectivity index (χ0) is 13.9. The van der Waals surface area contributed by atoms with E-state index in [0.29, 0.717) is 5.92 Å². The van der Waals surface area contributed by atoms with Gasteiger partial charge in [0.25, 0.3) is 0 Å². The summed E-state index contributed by atoms with van der Waals surface area (Å²) in [5.74, 6) is 2.74. The average Bonchev–Trinajstić information content (AvgIpc) is 3.36. The van der Waals surface area contributed by atoms with E-state index in [1.165, 1.54) is 25.7 Å². The second-order valence-electron chi connectivity index (χ2n) is 7.19. The predicted molar refractivity (Wildman–Crippen MR) is 74.8 cm³/mol. The van der Waals surface area contributed by atoms with Crippen molar-refractivity contribution in [2.45, 2.75) is 57.5 Å². The van der Waals surface area contributed by atoms with Gasteiger partial charge in [0.05, 0.1) is 0 Å². The first-order chi connectivity index (χ1) is 9.66. The maximum atomic E-state index is 12.7. The van der Waals surface area contributed by atoms with Crippen LogP contribution in [0.1, 0.15) is 45.4 Å². The van der Waals surface area contributed by atoms with Crippen molar-refractivity contribution >= 4 is 11.8 Å². The Labute approximate surface area is 120 Å². The van der Waals surface area contributed by atoms with Crippen LogP contribution in [0.25, 0.3) is 0 Å². The van der Waals surface area contributed by atoms with Gasteiger partial charge in [-0.1, -0.05) is 0 Å². The predicted octanol–water partition coefficient (Wildman–Crippen LogP) is 1.64. The summed E-state index contributed by atoms with van der Waals surface area (Å²) >= 11 is 0. The van der Waals surface area contributed by atoms with Gasteiger partial charge in [0.1, 0.15) is 12.1 Å². The van der Waals surface area contributed by atoms with Crippen molar-refractivity contribution in [1.82, 2.24) is 9.80 Å². The van der Waals surface area contributed by atoms with Gasteiger partial charge in [-0.3, -0.25) is 9.59 Å². The van der Waals surface area contributed by atoms with Crippen LogP contribution in [0.2, 0.25) is 0 Å². The van der Waals surface area contributed by atoms with Crippen molar-refractivity contribution in [3.8, 4) is 0 Å². The van der Waals surface area contributed by atoms with Crippen LogP contribution in [-0.2, 0) is 9.59 Å². The molecule has 0 N–H and O–H groups in total. The third-order valence-corrected chi connectivity index (χ3v) is 5.79. The molecule has 110 valence electrons. The number of piperazine rings is 1. The van der Waals surface area contributed by atoms with Crippen LogP contribution in [0, 0.1) is 17.8 Å². The van der Waals surface area contributed by atoms with E-state index >= 15 is 0 Å². The quantitative estimate of drug-likeness (QED) is 0.783. The van der Waals surface area contributed by atoms with Gasteiger partial charge in [0.15, 0.2) is 0 Å². The van der Waals surface area contributed by atoms with Crippen LogP contribution in [0.5, 0.6) is 0 Å². The third kappa shape index (κ3) is 1.95. The number of hydrogen-bond donors (Lipinski definition) is 0. The largest absolute Gasteiger partial charge is 0.329 e. The lowest BCUT2D eigenvalue weighted by atomic mass is 9.95. The van der Waals surface area contributed by atoms with Gasteiger partial charge in [-0.15, -0.1) is 0 Å². The molecule has 2 saturated heterocycles. The molecule has 2 saturated carbocycles. The molecule has 2 aliphatic heterocycles. The summed E-state index contributed by atoms with van der Waals surface area (Å²) in [5.41, 5.74) is 0. The molecular formula is C16H24N2O2. The van der Waals surface area contributed by atoms with Crippen LogP contribution >= 0.6 is 0 Å². The summed E-state index contributed by atoms with van der Waals surface area (Å²) in [6.07, 6.45) is 7.19. The van der Waals surface area contributed by atoms with E-state index in [1.54, 1.807) is 0 Å². The Balaban J connectivity index is 1.53. The van der Waals surface area contributed by atoms with E-state index < -0.39 is 0 Å². The van der Waals surface area contributed by atoms with Gasteiger partial charge in [-0.2, -0.15) is 0 Å². The minimum Gasteiger partial charge on any atom is -0.329 e. The molecule has 0 aromatic rings. The molecule has 0 aromatic carbocycles. The smallest absolute Gasteiger partial charge is 0.246 e. The van der Waals surface area contributed by atoms with E-state index in [-0.39, 0.29) is 23.9 Å². The SMILES string of the molecule is CC1C(=O)N2CCCC2C(=O)N1CC(C1CC1)C1CC1. The van der Waals surface area contributed by atoms with Crippen molar-refractivity contribution in [3.63, 3.8) is 0 Å². The highest BCUT2D eigenvalue weighted by molar-refractivity contribution is 5.97. The first-order valence-electron chi connectivity index (χ1n) is 8.28. The lowest BCUT2D eigenvalue weighted by Crippen LogP contribution is -2.62.